The van der Waals surface area contributed by atoms with Crippen molar-refractivity contribution >= 4 is 15.9 Å². The third-order valence-corrected chi connectivity index (χ3v) is 4.64. The molecule has 0 saturated carbocycles. The molecule has 1 saturated heterocycles. The molecule has 1 aliphatic rings. The van der Waals surface area contributed by atoms with Crippen LogP contribution in [0.15, 0.2) is 22.7 Å². The topological polar surface area (TPSA) is 44.7 Å². The lowest BCUT2D eigenvalue weighted by molar-refractivity contribution is 0.0292. The molecule has 2 rings (SSSR count). The summed E-state index contributed by atoms with van der Waals surface area (Å²) in [6.45, 7) is 8.27. The molecule has 0 unspecified atom stereocenters. The van der Waals surface area contributed by atoms with Gasteiger partial charge in [0.25, 0.3) is 0 Å². The molecular formula is C16H25BrN2O2. The van der Waals surface area contributed by atoms with E-state index in [-0.39, 0.29) is 18.1 Å². The minimum Gasteiger partial charge on any atom is -0.496 e. The van der Waals surface area contributed by atoms with Crippen molar-refractivity contribution in [2.75, 3.05) is 39.9 Å². The zero-order valence-corrected chi connectivity index (χ0v) is 14.6. The number of aliphatic hydroxyl groups excluding tert-OH is 1. The molecule has 118 valence electrons. The fourth-order valence-corrected chi connectivity index (χ4v) is 3.44. The fraction of sp³-hybridized carbons (Fsp3) is 0.625. The lowest BCUT2D eigenvalue weighted by atomic mass is 9.79. The SMILES string of the molecule is COc1ccc(Br)cc1[C@H](N1CCNCC1)C(C)(C)CO. The number of benzene rings is 1. The third kappa shape index (κ3) is 3.77. The zero-order chi connectivity index (χ0) is 15.5. The van der Waals surface area contributed by atoms with Crippen LogP contribution in [0.5, 0.6) is 5.75 Å². The van der Waals surface area contributed by atoms with E-state index in [1.54, 1.807) is 7.11 Å². The normalized spacial score (nSPS) is 18.5. The van der Waals surface area contributed by atoms with Crippen LogP contribution in [0.3, 0.4) is 0 Å². The van der Waals surface area contributed by atoms with E-state index in [0.717, 1.165) is 42.0 Å². The molecule has 0 aromatic heterocycles. The highest BCUT2D eigenvalue weighted by Gasteiger charge is 2.37. The van der Waals surface area contributed by atoms with Crippen LogP contribution < -0.4 is 10.1 Å². The smallest absolute Gasteiger partial charge is 0.123 e. The summed E-state index contributed by atoms with van der Waals surface area (Å²) in [7, 11) is 1.70. The predicted molar refractivity (Wildman–Crippen MR) is 88.7 cm³/mol. The Kier molecular flexibility index (Phi) is 5.66. The largest absolute Gasteiger partial charge is 0.496 e. The van der Waals surface area contributed by atoms with Gasteiger partial charge in [-0.05, 0) is 18.2 Å². The van der Waals surface area contributed by atoms with E-state index in [2.05, 4.69) is 46.1 Å². The van der Waals surface area contributed by atoms with Crippen LogP contribution in [0.25, 0.3) is 0 Å². The van der Waals surface area contributed by atoms with Crippen molar-refractivity contribution in [3.05, 3.63) is 28.2 Å². The van der Waals surface area contributed by atoms with Crippen LogP contribution in [0.1, 0.15) is 25.5 Å². The summed E-state index contributed by atoms with van der Waals surface area (Å²) in [5.41, 5.74) is 0.888. The van der Waals surface area contributed by atoms with Gasteiger partial charge in [0.15, 0.2) is 0 Å². The highest BCUT2D eigenvalue weighted by Crippen LogP contribution is 2.42. The van der Waals surface area contributed by atoms with E-state index >= 15 is 0 Å². The van der Waals surface area contributed by atoms with Crippen molar-refractivity contribution in [1.29, 1.82) is 0 Å². The van der Waals surface area contributed by atoms with E-state index in [9.17, 15) is 5.11 Å². The van der Waals surface area contributed by atoms with E-state index in [1.807, 2.05) is 12.1 Å². The molecule has 1 aromatic carbocycles. The second-order valence-electron chi connectivity index (χ2n) is 6.22. The number of methoxy groups -OCH3 is 1. The summed E-state index contributed by atoms with van der Waals surface area (Å²) < 4.78 is 6.60. The van der Waals surface area contributed by atoms with Gasteiger partial charge in [-0.3, -0.25) is 4.90 Å². The average molecular weight is 357 g/mol. The summed E-state index contributed by atoms with van der Waals surface area (Å²) in [5, 5.41) is 13.3. The second-order valence-corrected chi connectivity index (χ2v) is 7.14. The molecule has 0 radical (unpaired) electrons. The standard InChI is InChI=1S/C16H25BrN2O2/c1-16(2,11-20)15(19-8-6-18-7-9-19)13-10-12(17)4-5-14(13)21-3/h4-5,10,15,18,20H,6-9,11H2,1-3H3/t15-/m0/s1. The highest BCUT2D eigenvalue weighted by molar-refractivity contribution is 9.10. The number of ether oxygens (including phenoxy) is 1. The number of aliphatic hydroxyl groups is 1. The number of piperazine rings is 1. The van der Waals surface area contributed by atoms with Gasteiger partial charge in [-0.15, -0.1) is 0 Å². The van der Waals surface area contributed by atoms with Gasteiger partial charge in [-0.1, -0.05) is 29.8 Å². The van der Waals surface area contributed by atoms with E-state index in [1.165, 1.54) is 0 Å². The van der Waals surface area contributed by atoms with Crippen LogP contribution >= 0.6 is 15.9 Å². The van der Waals surface area contributed by atoms with Crippen molar-refractivity contribution in [1.82, 2.24) is 10.2 Å². The predicted octanol–water partition coefficient (Wildman–Crippen LogP) is 2.42. The number of rotatable bonds is 5. The van der Waals surface area contributed by atoms with Gasteiger partial charge in [0, 0.05) is 54.3 Å². The quantitative estimate of drug-likeness (QED) is 0.850. The summed E-state index contributed by atoms with van der Waals surface area (Å²) in [5.74, 6) is 0.878. The Labute approximate surface area is 135 Å². The van der Waals surface area contributed by atoms with Gasteiger partial charge in [0.05, 0.1) is 7.11 Å². The van der Waals surface area contributed by atoms with E-state index in [0.29, 0.717) is 0 Å². The van der Waals surface area contributed by atoms with Gasteiger partial charge in [0.1, 0.15) is 5.75 Å². The van der Waals surface area contributed by atoms with Crippen LogP contribution in [0.2, 0.25) is 0 Å². The molecule has 0 aliphatic carbocycles. The first-order chi connectivity index (χ1) is 9.99. The average Bonchev–Trinajstić information content (AvgIpc) is 2.48. The van der Waals surface area contributed by atoms with E-state index in [4.69, 9.17) is 4.74 Å². The molecule has 1 heterocycles. The zero-order valence-electron chi connectivity index (χ0n) is 13.0. The summed E-state index contributed by atoms with van der Waals surface area (Å²) in [6.07, 6.45) is 0. The van der Waals surface area contributed by atoms with Gasteiger partial charge in [0.2, 0.25) is 0 Å². The van der Waals surface area contributed by atoms with Crippen molar-refractivity contribution in [3.63, 3.8) is 0 Å². The monoisotopic (exact) mass is 356 g/mol. The first-order valence-corrected chi connectivity index (χ1v) is 8.18. The lowest BCUT2D eigenvalue weighted by Crippen LogP contribution is -2.49. The molecule has 4 nitrogen and oxygen atoms in total. The molecule has 0 amide bonds. The third-order valence-electron chi connectivity index (χ3n) is 4.15. The Balaban J connectivity index is 2.46. The molecule has 0 spiro atoms. The number of halogens is 1. The molecule has 2 N–H and O–H groups in total. The summed E-state index contributed by atoms with van der Waals surface area (Å²) in [6, 6.07) is 6.21. The molecule has 1 aliphatic heterocycles. The van der Waals surface area contributed by atoms with Gasteiger partial charge in [-0.25, -0.2) is 0 Å². The van der Waals surface area contributed by atoms with Crippen LogP contribution in [-0.2, 0) is 0 Å². The number of hydrogen-bond donors (Lipinski definition) is 2. The van der Waals surface area contributed by atoms with E-state index < -0.39 is 0 Å². The Hall–Kier alpha value is -0.620. The minimum atomic E-state index is -0.245. The molecule has 21 heavy (non-hydrogen) atoms. The van der Waals surface area contributed by atoms with Crippen LogP contribution in [0, 0.1) is 5.41 Å². The molecule has 0 bridgehead atoms. The maximum absolute atomic E-state index is 9.89. The summed E-state index contributed by atoms with van der Waals surface area (Å²) in [4.78, 5) is 2.44. The first kappa shape index (κ1) is 16.7. The molecule has 1 aromatic rings. The molecular weight excluding hydrogens is 332 g/mol. The Morgan fingerprint density at radius 3 is 2.62 bits per heavy atom. The Bertz CT molecular complexity index is 473. The molecule has 1 atom stereocenters. The van der Waals surface area contributed by atoms with Crippen molar-refractivity contribution in [3.8, 4) is 5.75 Å². The molecule has 1 fully saturated rings. The van der Waals surface area contributed by atoms with Gasteiger partial charge in [-0.2, -0.15) is 0 Å². The van der Waals surface area contributed by atoms with Crippen molar-refractivity contribution in [2.24, 2.45) is 5.41 Å². The maximum atomic E-state index is 9.89. The second kappa shape index (κ2) is 7.09. The lowest BCUT2D eigenvalue weighted by Gasteiger charge is -2.43. The summed E-state index contributed by atoms with van der Waals surface area (Å²) >= 11 is 3.56. The van der Waals surface area contributed by atoms with Gasteiger partial charge >= 0.3 is 0 Å². The Morgan fingerprint density at radius 2 is 2.05 bits per heavy atom. The molecule has 5 heteroatoms. The maximum Gasteiger partial charge on any atom is 0.123 e. The minimum absolute atomic E-state index is 0.122. The number of nitrogens with one attached hydrogen (secondary N) is 1. The van der Waals surface area contributed by atoms with Gasteiger partial charge < -0.3 is 15.2 Å². The van der Waals surface area contributed by atoms with Crippen LogP contribution in [0.4, 0.5) is 0 Å². The van der Waals surface area contributed by atoms with Crippen LogP contribution in [-0.4, -0.2) is 49.9 Å². The van der Waals surface area contributed by atoms with Crippen molar-refractivity contribution < 1.29 is 9.84 Å². The number of hydrogen-bond acceptors (Lipinski definition) is 4. The highest BCUT2D eigenvalue weighted by atomic mass is 79.9. The number of nitrogens with zero attached hydrogens (tertiary/aromatic N) is 1. The van der Waals surface area contributed by atoms with Crippen molar-refractivity contribution in [2.45, 2.75) is 19.9 Å². The fourth-order valence-electron chi connectivity index (χ4n) is 3.06. The Morgan fingerprint density at radius 1 is 1.38 bits per heavy atom. The first-order valence-electron chi connectivity index (χ1n) is 7.38.